The lowest BCUT2D eigenvalue weighted by Gasteiger charge is -2.22. The van der Waals surface area contributed by atoms with Gasteiger partial charge in [0.05, 0.1) is 12.1 Å². The second-order valence-electron chi connectivity index (χ2n) is 7.01. The molecule has 1 aliphatic rings. The van der Waals surface area contributed by atoms with Gasteiger partial charge in [0.2, 0.25) is 5.91 Å². The second-order valence-corrected chi connectivity index (χ2v) is 7.45. The van der Waals surface area contributed by atoms with Crippen LogP contribution >= 0.6 is 11.6 Å². The van der Waals surface area contributed by atoms with Gasteiger partial charge < -0.3 is 20.7 Å². The molecule has 0 bridgehead atoms. The van der Waals surface area contributed by atoms with E-state index in [1.165, 1.54) is 0 Å². The molecular formula is C21H18ClN3O4. The van der Waals surface area contributed by atoms with E-state index < -0.39 is 30.4 Å². The molecule has 2 aromatic carbocycles. The lowest BCUT2D eigenvalue weighted by Crippen LogP contribution is -2.44. The Hall–Kier alpha value is -3.32. The molecule has 0 radical (unpaired) electrons. The van der Waals surface area contributed by atoms with Crippen LogP contribution in [0.3, 0.4) is 0 Å². The van der Waals surface area contributed by atoms with Gasteiger partial charge >= 0.3 is 5.97 Å². The fourth-order valence-corrected chi connectivity index (χ4v) is 3.92. The van der Waals surface area contributed by atoms with Gasteiger partial charge in [0.25, 0.3) is 5.91 Å². The standard InChI is InChI=1S/C21H18ClN3O4/c22-13-5-6-15-12(7-13)9-17(23-15)21(29)24-16-8-11-3-1-2-4-14(11)20(16)25-18(26)10-19(27)28/h1-7,9,16,20,23H,8,10H2,(H,24,29)(H,25,26)(H,27,28). The van der Waals surface area contributed by atoms with Gasteiger partial charge in [-0.05, 0) is 41.8 Å². The number of fused-ring (bicyclic) bond motifs is 2. The quantitative estimate of drug-likeness (QED) is 0.484. The number of hydrogen-bond acceptors (Lipinski definition) is 3. The van der Waals surface area contributed by atoms with E-state index in [0.717, 1.165) is 22.0 Å². The van der Waals surface area contributed by atoms with Crippen molar-refractivity contribution in [2.45, 2.75) is 24.9 Å². The van der Waals surface area contributed by atoms with Crippen molar-refractivity contribution in [3.8, 4) is 0 Å². The van der Waals surface area contributed by atoms with E-state index in [2.05, 4.69) is 15.6 Å². The predicted octanol–water partition coefficient (Wildman–Crippen LogP) is 2.81. The summed E-state index contributed by atoms with van der Waals surface area (Å²) in [7, 11) is 0. The summed E-state index contributed by atoms with van der Waals surface area (Å²) in [4.78, 5) is 38.8. The van der Waals surface area contributed by atoms with Crippen LogP contribution in [-0.2, 0) is 16.0 Å². The van der Waals surface area contributed by atoms with Crippen molar-refractivity contribution in [2.24, 2.45) is 0 Å². The fraction of sp³-hybridized carbons (Fsp3) is 0.190. The first-order chi connectivity index (χ1) is 13.9. The highest BCUT2D eigenvalue weighted by Gasteiger charge is 2.35. The molecule has 7 nitrogen and oxygen atoms in total. The van der Waals surface area contributed by atoms with Gasteiger partial charge in [-0.25, -0.2) is 0 Å². The minimum atomic E-state index is -1.20. The first kappa shape index (κ1) is 19.0. The van der Waals surface area contributed by atoms with Crippen LogP contribution in [0, 0.1) is 0 Å². The topological polar surface area (TPSA) is 111 Å². The van der Waals surface area contributed by atoms with E-state index in [9.17, 15) is 14.4 Å². The number of hydrogen-bond donors (Lipinski definition) is 4. The third-order valence-electron chi connectivity index (χ3n) is 5.00. The number of carboxylic acids is 1. The van der Waals surface area contributed by atoms with Crippen LogP contribution in [0.5, 0.6) is 0 Å². The molecule has 4 N–H and O–H groups in total. The number of aliphatic carboxylic acids is 1. The number of aromatic nitrogens is 1. The van der Waals surface area contributed by atoms with Crippen LogP contribution in [0.2, 0.25) is 5.02 Å². The Kier molecular flexibility index (Phi) is 4.98. The van der Waals surface area contributed by atoms with E-state index in [0.29, 0.717) is 17.1 Å². The molecule has 8 heteroatoms. The van der Waals surface area contributed by atoms with Crippen LogP contribution in [0.1, 0.15) is 34.1 Å². The van der Waals surface area contributed by atoms with Crippen LogP contribution in [0.4, 0.5) is 0 Å². The maximum absolute atomic E-state index is 12.8. The number of H-pyrrole nitrogens is 1. The third kappa shape index (κ3) is 3.95. The molecule has 0 saturated carbocycles. The number of nitrogens with one attached hydrogen (secondary N) is 3. The Bertz CT molecular complexity index is 1120. The van der Waals surface area contributed by atoms with Crippen LogP contribution in [-0.4, -0.2) is 33.9 Å². The Balaban J connectivity index is 1.56. The molecule has 29 heavy (non-hydrogen) atoms. The average molecular weight is 412 g/mol. The minimum absolute atomic E-state index is 0.312. The molecule has 1 aliphatic carbocycles. The number of amides is 2. The zero-order valence-electron chi connectivity index (χ0n) is 15.2. The number of aromatic amines is 1. The maximum atomic E-state index is 12.8. The monoisotopic (exact) mass is 411 g/mol. The zero-order chi connectivity index (χ0) is 20.5. The van der Waals surface area contributed by atoms with Crippen molar-refractivity contribution >= 4 is 40.3 Å². The van der Waals surface area contributed by atoms with Crippen molar-refractivity contribution < 1.29 is 19.5 Å². The molecule has 1 aromatic heterocycles. The Labute approximate surface area is 171 Å². The highest BCUT2D eigenvalue weighted by atomic mass is 35.5. The number of carbonyl (C=O) groups is 3. The molecule has 0 saturated heterocycles. The number of carbonyl (C=O) groups excluding carboxylic acids is 2. The second kappa shape index (κ2) is 7.60. The predicted molar refractivity (Wildman–Crippen MR) is 108 cm³/mol. The molecule has 2 atom stereocenters. The van der Waals surface area contributed by atoms with E-state index in [4.69, 9.17) is 16.7 Å². The minimum Gasteiger partial charge on any atom is -0.481 e. The third-order valence-corrected chi connectivity index (χ3v) is 5.24. The molecule has 1 heterocycles. The molecular weight excluding hydrogens is 394 g/mol. The van der Waals surface area contributed by atoms with Gasteiger partial charge in [-0.2, -0.15) is 0 Å². The van der Waals surface area contributed by atoms with Gasteiger partial charge in [0.15, 0.2) is 0 Å². The van der Waals surface area contributed by atoms with Crippen LogP contribution < -0.4 is 10.6 Å². The van der Waals surface area contributed by atoms with Crippen molar-refractivity contribution in [1.29, 1.82) is 0 Å². The summed E-state index contributed by atoms with van der Waals surface area (Å²) in [5.74, 6) is -2.11. The van der Waals surface area contributed by atoms with Crippen LogP contribution in [0.25, 0.3) is 10.9 Å². The highest BCUT2D eigenvalue weighted by molar-refractivity contribution is 6.31. The van der Waals surface area contributed by atoms with E-state index >= 15 is 0 Å². The Morgan fingerprint density at radius 3 is 2.69 bits per heavy atom. The van der Waals surface area contributed by atoms with Gasteiger partial charge in [0, 0.05) is 15.9 Å². The Morgan fingerprint density at radius 1 is 1.10 bits per heavy atom. The normalized spacial score (nSPS) is 17.7. The molecule has 0 aliphatic heterocycles. The molecule has 0 fully saturated rings. The first-order valence-corrected chi connectivity index (χ1v) is 9.46. The van der Waals surface area contributed by atoms with Crippen molar-refractivity contribution in [3.05, 3.63) is 70.4 Å². The number of rotatable bonds is 5. The summed E-state index contributed by atoms with van der Waals surface area (Å²) in [5.41, 5.74) is 3.05. The first-order valence-electron chi connectivity index (χ1n) is 9.09. The SMILES string of the molecule is O=C(O)CC(=O)NC1c2ccccc2CC1NC(=O)c1cc2cc(Cl)ccc2[nH]1. The Morgan fingerprint density at radius 2 is 1.90 bits per heavy atom. The smallest absolute Gasteiger partial charge is 0.312 e. The zero-order valence-corrected chi connectivity index (χ0v) is 16.0. The van der Waals surface area contributed by atoms with E-state index in [1.807, 2.05) is 24.3 Å². The molecule has 3 aromatic rings. The molecule has 148 valence electrons. The molecule has 4 rings (SSSR count). The average Bonchev–Trinajstić information content (AvgIpc) is 3.22. The summed E-state index contributed by atoms with van der Waals surface area (Å²) in [6.07, 6.45) is -0.0892. The van der Waals surface area contributed by atoms with Gasteiger partial charge in [0.1, 0.15) is 12.1 Å². The largest absolute Gasteiger partial charge is 0.481 e. The lowest BCUT2D eigenvalue weighted by atomic mass is 10.1. The lowest BCUT2D eigenvalue weighted by molar-refractivity contribution is -0.140. The summed E-state index contributed by atoms with van der Waals surface area (Å²) < 4.78 is 0. The summed E-state index contributed by atoms with van der Waals surface area (Å²) in [5, 5.41) is 16.0. The van der Waals surface area contributed by atoms with Gasteiger partial charge in [-0.15, -0.1) is 0 Å². The maximum Gasteiger partial charge on any atom is 0.312 e. The molecule has 2 unspecified atom stereocenters. The molecule has 0 spiro atoms. The number of carboxylic acid groups (broad SMARTS) is 1. The highest BCUT2D eigenvalue weighted by Crippen LogP contribution is 2.32. The summed E-state index contributed by atoms with van der Waals surface area (Å²) in [6, 6.07) is 13.7. The number of halogens is 1. The van der Waals surface area contributed by atoms with Crippen molar-refractivity contribution in [1.82, 2.24) is 15.6 Å². The van der Waals surface area contributed by atoms with Crippen LogP contribution in [0.15, 0.2) is 48.5 Å². The van der Waals surface area contributed by atoms with Crippen molar-refractivity contribution in [2.75, 3.05) is 0 Å². The molecule has 2 amide bonds. The van der Waals surface area contributed by atoms with E-state index in [1.54, 1.807) is 24.3 Å². The fourth-order valence-electron chi connectivity index (χ4n) is 3.74. The number of benzene rings is 2. The summed E-state index contributed by atoms with van der Waals surface area (Å²) >= 11 is 6.00. The van der Waals surface area contributed by atoms with Gasteiger partial charge in [-0.1, -0.05) is 35.9 Å². The van der Waals surface area contributed by atoms with E-state index in [-0.39, 0.29) is 5.91 Å². The summed E-state index contributed by atoms with van der Waals surface area (Å²) in [6.45, 7) is 0. The van der Waals surface area contributed by atoms with Gasteiger partial charge in [-0.3, -0.25) is 14.4 Å². The van der Waals surface area contributed by atoms with Crippen molar-refractivity contribution in [3.63, 3.8) is 0 Å².